The van der Waals surface area contributed by atoms with E-state index in [2.05, 4.69) is 10.2 Å². The molecule has 3 heterocycles. The molecule has 0 aliphatic carbocycles. The van der Waals surface area contributed by atoms with Gasteiger partial charge in [0.25, 0.3) is 5.56 Å². The van der Waals surface area contributed by atoms with Crippen LogP contribution in [0.5, 0.6) is 0 Å². The molecule has 0 unspecified atom stereocenters. The summed E-state index contributed by atoms with van der Waals surface area (Å²) >= 11 is 0. The third-order valence-corrected chi connectivity index (χ3v) is 5.47. The molecule has 0 bridgehead atoms. The molecule has 5 aromatic rings. The minimum atomic E-state index is -0.302. The lowest BCUT2D eigenvalue weighted by Crippen LogP contribution is -2.22. The van der Waals surface area contributed by atoms with Crippen molar-refractivity contribution < 1.29 is 4.39 Å². The van der Waals surface area contributed by atoms with E-state index >= 15 is 0 Å². The fourth-order valence-electron chi connectivity index (χ4n) is 3.80. The van der Waals surface area contributed by atoms with Gasteiger partial charge >= 0.3 is 0 Å². The molecule has 0 fully saturated rings. The van der Waals surface area contributed by atoms with E-state index in [1.54, 1.807) is 27.4 Å². The van der Waals surface area contributed by atoms with Gasteiger partial charge in [-0.25, -0.2) is 8.91 Å². The predicted octanol–water partition coefficient (Wildman–Crippen LogP) is 4.16. The third kappa shape index (κ3) is 3.28. The molecule has 154 valence electrons. The van der Waals surface area contributed by atoms with Gasteiger partial charge in [-0.3, -0.25) is 4.79 Å². The lowest BCUT2D eigenvalue weighted by molar-refractivity contribution is 0.628. The summed E-state index contributed by atoms with van der Waals surface area (Å²) in [6.07, 6.45) is 2.43. The Morgan fingerprint density at radius 2 is 1.71 bits per heavy atom. The van der Waals surface area contributed by atoms with E-state index in [0.29, 0.717) is 24.1 Å². The first-order chi connectivity index (χ1) is 15.0. The van der Waals surface area contributed by atoms with Crippen LogP contribution in [-0.4, -0.2) is 24.4 Å². The Morgan fingerprint density at radius 1 is 0.968 bits per heavy atom. The van der Waals surface area contributed by atoms with E-state index in [4.69, 9.17) is 5.10 Å². The molecule has 2 aromatic carbocycles. The normalized spacial score (nSPS) is 11.5. The van der Waals surface area contributed by atoms with Crippen LogP contribution in [0.4, 0.5) is 4.39 Å². The summed E-state index contributed by atoms with van der Waals surface area (Å²) in [6.45, 7) is 4.48. The number of hydrogen-bond acceptors (Lipinski definition) is 4. The Kier molecular flexibility index (Phi) is 4.58. The van der Waals surface area contributed by atoms with E-state index < -0.39 is 0 Å². The van der Waals surface area contributed by atoms with Crippen molar-refractivity contribution in [2.24, 2.45) is 0 Å². The quantitative estimate of drug-likeness (QED) is 0.444. The van der Waals surface area contributed by atoms with Gasteiger partial charge in [-0.05, 0) is 42.7 Å². The fraction of sp³-hybridized carbons (Fsp3) is 0.167. The van der Waals surface area contributed by atoms with Crippen molar-refractivity contribution in [2.45, 2.75) is 26.8 Å². The van der Waals surface area contributed by atoms with E-state index in [1.807, 2.05) is 44.2 Å². The Hall–Kier alpha value is -3.87. The maximum Gasteiger partial charge on any atom is 0.280 e. The van der Waals surface area contributed by atoms with E-state index in [0.717, 1.165) is 22.4 Å². The van der Waals surface area contributed by atoms with Crippen LogP contribution in [0, 0.1) is 12.7 Å². The standard InChI is InChI=1S/C24H20FN5O/c1-3-19-21(17-8-10-18(25)11-9-17)23-27-26-22-20(30(23)28-19)12-13-29(24(22)31)14-16-6-4-15(2)5-7-16/h4-13H,3,14H2,1-2H3. The van der Waals surface area contributed by atoms with Gasteiger partial charge in [0.2, 0.25) is 0 Å². The van der Waals surface area contributed by atoms with Gasteiger partial charge in [-0.2, -0.15) is 5.10 Å². The van der Waals surface area contributed by atoms with Gasteiger partial charge in [0.1, 0.15) is 11.3 Å². The second-order valence-corrected chi connectivity index (χ2v) is 7.59. The summed E-state index contributed by atoms with van der Waals surface area (Å²) in [5.74, 6) is -0.302. The van der Waals surface area contributed by atoms with Gasteiger partial charge in [-0.1, -0.05) is 48.9 Å². The number of halogens is 1. The first kappa shape index (κ1) is 19.1. The van der Waals surface area contributed by atoms with Crippen LogP contribution >= 0.6 is 0 Å². The zero-order valence-corrected chi connectivity index (χ0v) is 17.2. The molecular formula is C24H20FN5O. The van der Waals surface area contributed by atoms with Crippen LogP contribution in [-0.2, 0) is 13.0 Å². The average molecular weight is 413 g/mol. The maximum absolute atomic E-state index is 13.4. The number of hydrogen-bond donors (Lipinski definition) is 0. The number of pyridine rings is 1. The van der Waals surface area contributed by atoms with Crippen molar-refractivity contribution in [2.75, 3.05) is 0 Å². The summed E-state index contributed by atoms with van der Waals surface area (Å²) in [6, 6.07) is 16.2. The molecule has 6 nitrogen and oxygen atoms in total. The lowest BCUT2D eigenvalue weighted by atomic mass is 10.0. The summed E-state index contributed by atoms with van der Waals surface area (Å²) in [5, 5.41) is 13.3. The summed E-state index contributed by atoms with van der Waals surface area (Å²) in [5.41, 5.74) is 5.83. The summed E-state index contributed by atoms with van der Waals surface area (Å²) in [4.78, 5) is 13.1. The lowest BCUT2D eigenvalue weighted by Gasteiger charge is -2.08. The molecule has 7 heteroatoms. The zero-order chi connectivity index (χ0) is 21.5. The molecule has 0 N–H and O–H groups in total. The predicted molar refractivity (Wildman–Crippen MR) is 118 cm³/mol. The Labute approximate surface area is 177 Å². The first-order valence-corrected chi connectivity index (χ1v) is 10.1. The van der Waals surface area contributed by atoms with Crippen molar-refractivity contribution in [3.05, 3.63) is 93.8 Å². The Morgan fingerprint density at radius 3 is 2.42 bits per heavy atom. The monoisotopic (exact) mass is 413 g/mol. The van der Waals surface area contributed by atoms with Gasteiger partial charge in [0, 0.05) is 6.20 Å². The first-order valence-electron chi connectivity index (χ1n) is 10.1. The Balaban J connectivity index is 1.67. The highest BCUT2D eigenvalue weighted by Crippen LogP contribution is 2.29. The molecule has 0 aliphatic heterocycles. The van der Waals surface area contributed by atoms with Crippen molar-refractivity contribution in [1.29, 1.82) is 0 Å². The number of aryl methyl sites for hydroxylation is 2. The van der Waals surface area contributed by atoms with Gasteiger partial charge in [0.05, 0.1) is 17.8 Å². The molecule has 0 saturated carbocycles. The molecular weight excluding hydrogens is 393 g/mol. The van der Waals surface area contributed by atoms with Gasteiger partial charge in [-0.15, -0.1) is 10.2 Å². The minimum Gasteiger partial charge on any atom is -0.309 e. The number of nitrogens with zero attached hydrogens (tertiary/aromatic N) is 5. The average Bonchev–Trinajstić information content (AvgIpc) is 3.17. The van der Waals surface area contributed by atoms with Crippen molar-refractivity contribution in [3.63, 3.8) is 0 Å². The molecule has 0 aliphatic rings. The number of fused-ring (bicyclic) bond motifs is 3. The van der Waals surface area contributed by atoms with Crippen LogP contribution in [0.1, 0.15) is 23.7 Å². The second kappa shape index (κ2) is 7.43. The smallest absolute Gasteiger partial charge is 0.280 e. The molecule has 0 spiro atoms. The fourth-order valence-corrected chi connectivity index (χ4v) is 3.80. The SMILES string of the molecule is CCc1nn2c(nnc3c(=O)n(Cc4ccc(C)cc4)ccc32)c1-c1ccc(F)cc1. The molecule has 3 aromatic heterocycles. The third-order valence-electron chi connectivity index (χ3n) is 5.47. The molecule has 0 atom stereocenters. The van der Waals surface area contributed by atoms with Crippen LogP contribution in [0.15, 0.2) is 65.6 Å². The van der Waals surface area contributed by atoms with Crippen molar-refractivity contribution in [3.8, 4) is 11.1 Å². The van der Waals surface area contributed by atoms with Crippen LogP contribution < -0.4 is 5.56 Å². The van der Waals surface area contributed by atoms with E-state index in [1.165, 1.54) is 17.7 Å². The summed E-state index contributed by atoms with van der Waals surface area (Å²) < 4.78 is 16.7. The zero-order valence-electron chi connectivity index (χ0n) is 17.2. The highest BCUT2D eigenvalue weighted by atomic mass is 19.1. The topological polar surface area (TPSA) is 65.1 Å². The number of aromatic nitrogens is 5. The van der Waals surface area contributed by atoms with E-state index in [-0.39, 0.29) is 16.9 Å². The van der Waals surface area contributed by atoms with Crippen LogP contribution in [0.25, 0.3) is 27.8 Å². The van der Waals surface area contributed by atoms with Gasteiger partial charge < -0.3 is 4.57 Å². The maximum atomic E-state index is 13.4. The molecule has 0 saturated heterocycles. The second-order valence-electron chi connectivity index (χ2n) is 7.59. The molecule has 0 radical (unpaired) electrons. The molecule has 5 rings (SSSR count). The molecule has 31 heavy (non-hydrogen) atoms. The molecule has 0 amide bonds. The van der Waals surface area contributed by atoms with Crippen molar-refractivity contribution in [1.82, 2.24) is 24.4 Å². The van der Waals surface area contributed by atoms with E-state index in [9.17, 15) is 9.18 Å². The summed E-state index contributed by atoms with van der Waals surface area (Å²) in [7, 11) is 0. The van der Waals surface area contributed by atoms with Crippen LogP contribution in [0.2, 0.25) is 0 Å². The Bertz CT molecular complexity index is 1470. The number of benzene rings is 2. The minimum absolute atomic E-state index is 0.218. The highest BCUT2D eigenvalue weighted by molar-refractivity contribution is 5.84. The van der Waals surface area contributed by atoms with Crippen LogP contribution in [0.3, 0.4) is 0 Å². The largest absolute Gasteiger partial charge is 0.309 e. The highest BCUT2D eigenvalue weighted by Gasteiger charge is 2.18. The number of rotatable bonds is 4. The van der Waals surface area contributed by atoms with Crippen molar-refractivity contribution >= 4 is 16.7 Å². The van der Waals surface area contributed by atoms with Gasteiger partial charge in [0.15, 0.2) is 11.2 Å².